The van der Waals surface area contributed by atoms with E-state index in [4.69, 9.17) is 9.72 Å². The van der Waals surface area contributed by atoms with Crippen LogP contribution in [-0.4, -0.2) is 21.1 Å². The number of hydrogen-bond donors (Lipinski definition) is 0. The van der Waals surface area contributed by atoms with E-state index in [9.17, 15) is 8.78 Å². The predicted molar refractivity (Wildman–Crippen MR) is 108 cm³/mol. The highest BCUT2D eigenvalue weighted by Crippen LogP contribution is 2.32. The van der Waals surface area contributed by atoms with Crippen LogP contribution < -0.4 is 9.47 Å². The van der Waals surface area contributed by atoms with Crippen LogP contribution >= 0.6 is 0 Å². The van der Waals surface area contributed by atoms with Crippen molar-refractivity contribution in [3.63, 3.8) is 0 Å². The molecule has 0 unspecified atom stereocenters. The van der Waals surface area contributed by atoms with Gasteiger partial charge >= 0.3 is 6.61 Å². The van der Waals surface area contributed by atoms with Gasteiger partial charge in [-0.15, -0.1) is 0 Å². The van der Waals surface area contributed by atoms with Crippen LogP contribution in [0.2, 0.25) is 0 Å². The second-order valence-electron chi connectivity index (χ2n) is 6.56. The summed E-state index contributed by atoms with van der Waals surface area (Å²) < 4.78 is 37.8. The van der Waals surface area contributed by atoms with Crippen molar-refractivity contribution in [2.75, 3.05) is 0 Å². The van der Waals surface area contributed by atoms with E-state index in [1.54, 1.807) is 24.7 Å². The number of nitrogens with zero attached hydrogens (tertiary/aromatic N) is 3. The zero-order chi connectivity index (χ0) is 20.8. The number of imidazole rings is 1. The van der Waals surface area contributed by atoms with E-state index in [0.29, 0.717) is 30.2 Å². The molecule has 152 valence electrons. The maximum absolute atomic E-state index is 12.6. The fourth-order valence-electron chi connectivity index (χ4n) is 3.02. The van der Waals surface area contributed by atoms with Gasteiger partial charge < -0.3 is 14.0 Å². The van der Waals surface area contributed by atoms with Gasteiger partial charge in [0.25, 0.3) is 0 Å². The van der Waals surface area contributed by atoms with E-state index in [1.165, 1.54) is 12.1 Å². The molecule has 0 saturated carbocycles. The molecule has 0 atom stereocenters. The van der Waals surface area contributed by atoms with Crippen LogP contribution in [0.5, 0.6) is 11.5 Å². The Labute approximate surface area is 172 Å². The molecule has 0 bridgehead atoms. The van der Waals surface area contributed by atoms with Crippen molar-refractivity contribution in [1.82, 2.24) is 14.5 Å². The monoisotopic (exact) mass is 407 g/mol. The van der Waals surface area contributed by atoms with Crippen molar-refractivity contribution in [3.8, 4) is 22.8 Å². The van der Waals surface area contributed by atoms with Gasteiger partial charge in [0, 0.05) is 18.0 Å². The van der Waals surface area contributed by atoms with Gasteiger partial charge in [-0.05, 0) is 29.8 Å². The zero-order valence-electron chi connectivity index (χ0n) is 16.0. The fraction of sp³-hybridized carbons (Fsp3) is 0.130. The highest BCUT2D eigenvalue weighted by atomic mass is 19.3. The summed E-state index contributed by atoms with van der Waals surface area (Å²) in [7, 11) is 0. The van der Waals surface area contributed by atoms with Crippen molar-refractivity contribution < 1.29 is 18.3 Å². The highest BCUT2D eigenvalue weighted by molar-refractivity contribution is 5.68. The van der Waals surface area contributed by atoms with Gasteiger partial charge in [0.1, 0.15) is 23.8 Å². The quantitative estimate of drug-likeness (QED) is 0.404. The summed E-state index contributed by atoms with van der Waals surface area (Å²) in [5.74, 6) is 0.626. The summed E-state index contributed by atoms with van der Waals surface area (Å²) in [6.07, 6.45) is 5.25. The Kier molecular flexibility index (Phi) is 5.98. The normalized spacial score (nSPS) is 10.9. The van der Waals surface area contributed by atoms with Crippen LogP contribution in [0, 0.1) is 0 Å². The van der Waals surface area contributed by atoms with Gasteiger partial charge in [0.2, 0.25) is 0 Å². The molecule has 0 N–H and O–H groups in total. The third-order valence-electron chi connectivity index (χ3n) is 4.39. The molecule has 30 heavy (non-hydrogen) atoms. The average molecular weight is 407 g/mol. The lowest BCUT2D eigenvalue weighted by Gasteiger charge is -2.14. The molecule has 2 aromatic carbocycles. The first-order valence-corrected chi connectivity index (χ1v) is 9.35. The second kappa shape index (κ2) is 9.17. The standard InChI is InChI=1S/C23H19F2N3O2/c24-23(25)30-20-8-4-7-18(13-20)22-21(29-15-17-5-2-1-3-6-17)10-9-19(27-22)14-28-12-11-26-16-28/h1-13,16,23H,14-15H2. The summed E-state index contributed by atoms with van der Waals surface area (Å²) in [6, 6.07) is 19.9. The SMILES string of the molecule is FC(F)Oc1cccc(-c2nc(Cn3ccnc3)ccc2OCc2ccccc2)c1. The van der Waals surface area contributed by atoms with Gasteiger partial charge in [0.15, 0.2) is 0 Å². The Bertz CT molecular complexity index is 1090. The Hall–Kier alpha value is -3.74. The largest absolute Gasteiger partial charge is 0.487 e. The first kappa shape index (κ1) is 19.6. The van der Waals surface area contributed by atoms with Crippen LogP contribution in [0.15, 0.2) is 85.5 Å². The van der Waals surface area contributed by atoms with Crippen molar-refractivity contribution >= 4 is 0 Å². The van der Waals surface area contributed by atoms with Crippen LogP contribution in [0.1, 0.15) is 11.3 Å². The molecule has 2 aromatic heterocycles. The number of aromatic nitrogens is 3. The maximum Gasteiger partial charge on any atom is 0.387 e. The lowest BCUT2D eigenvalue weighted by atomic mass is 10.1. The summed E-state index contributed by atoms with van der Waals surface area (Å²) in [5, 5.41) is 0. The number of halogens is 2. The molecule has 0 aliphatic heterocycles. The van der Waals surface area contributed by atoms with Gasteiger partial charge in [0.05, 0.1) is 18.6 Å². The predicted octanol–water partition coefficient (Wildman–Crippen LogP) is 5.17. The van der Waals surface area contributed by atoms with Gasteiger partial charge in [-0.25, -0.2) is 9.97 Å². The summed E-state index contributed by atoms with van der Waals surface area (Å²) in [4.78, 5) is 8.78. The Morgan fingerprint density at radius 2 is 1.83 bits per heavy atom. The van der Waals surface area contributed by atoms with E-state index >= 15 is 0 Å². The molecule has 0 saturated heterocycles. The second-order valence-corrected chi connectivity index (χ2v) is 6.56. The third-order valence-corrected chi connectivity index (χ3v) is 4.39. The van der Waals surface area contributed by atoms with Crippen LogP contribution in [0.3, 0.4) is 0 Å². The molecule has 0 amide bonds. The summed E-state index contributed by atoms with van der Waals surface area (Å²) in [6.45, 7) is -2.00. The number of pyridine rings is 1. The van der Waals surface area contributed by atoms with Gasteiger partial charge in [-0.2, -0.15) is 8.78 Å². The Morgan fingerprint density at radius 3 is 2.60 bits per heavy atom. The van der Waals surface area contributed by atoms with E-state index in [1.807, 2.05) is 53.2 Å². The van der Waals surface area contributed by atoms with Gasteiger partial charge in [-0.1, -0.05) is 42.5 Å². The molecule has 0 spiro atoms. The first-order chi connectivity index (χ1) is 14.7. The molecule has 2 heterocycles. The van der Waals surface area contributed by atoms with Crippen molar-refractivity contribution in [2.45, 2.75) is 19.8 Å². The Morgan fingerprint density at radius 1 is 0.967 bits per heavy atom. The van der Waals surface area contributed by atoms with Crippen molar-refractivity contribution in [2.24, 2.45) is 0 Å². The number of benzene rings is 2. The Balaban J connectivity index is 1.66. The van der Waals surface area contributed by atoms with Gasteiger partial charge in [-0.3, -0.25) is 0 Å². The van der Waals surface area contributed by atoms with E-state index in [2.05, 4.69) is 9.72 Å². The first-order valence-electron chi connectivity index (χ1n) is 9.35. The number of alkyl halides is 2. The van der Waals surface area contributed by atoms with Crippen LogP contribution in [-0.2, 0) is 13.2 Å². The molecule has 7 heteroatoms. The minimum absolute atomic E-state index is 0.0679. The van der Waals surface area contributed by atoms with E-state index in [-0.39, 0.29) is 5.75 Å². The molecule has 4 aromatic rings. The number of hydrogen-bond acceptors (Lipinski definition) is 4. The molecular weight excluding hydrogens is 388 g/mol. The molecule has 0 radical (unpaired) electrons. The molecule has 0 aliphatic rings. The van der Waals surface area contributed by atoms with Crippen molar-refractivity contribution in [1.29, 1.82) is 0 Å². The third kappa shape index (κ3) is 5.00. The van der Waals surface area contributed by atoms with E-state index in [0.717, 1.165) is 11.3 Å². The lowest BCUT2D eigenvalue weighted by molar-refractivity contribution is -0.0498. The molecule has 0 aliphatic carbocycles. The molecule has 4 rings (SSSR count). The van der Waals surface area contributed by atoms with Crippen molar-refractivity contribution in [3.05, 3.63) is 96.7 Å². The molecule has 5 nitrogen and oxygen atoms in total. The topological polar surface area (TPSA) is 49.2 Å². The maximum atomic E-state index is 12.6. The fourth-order valence-corrected chi connectivity index (χ4v) is 3.02. The minimum atomic E-state index is -2.89. The smallest absolute Gasteiger partial charge is 0.387 e. The lowest BCUT2D eigenvalue weighted by Crippen LogP contribution is -2.04. The number of rotatable bonds is 8. The molecular formula is C23H19F2N3O2. The summed E-state index contributed by atoms with van der Waals surface area (Å²) >= 11 is 0. The molecule has 0 fully saturated rings. The highest BCUT2D eigenvalue weighted by Gasteiger charge is 2.13. The zero-order valence-corrected chi connectivity index (χ0v) is 16.0. The van der Waals surface area contributed by atoms with Crippen LogP contribution in [0.25, 0.3) is 11.3 Å². The average Bonchev–Trinajstić information content (AvgIpc) is 3.26. The summed E-state index contributed by atoms with van der Waals surface area (Å²) in [5.41, 5.74) is 2.99. The van der Waals surface area contributed by atoms with E-state index < -0.39 is 6.61 Å². The van der Waals surface area contributed by atoms with Crippen LogP contribution in [0.4, 0.5) is 8.78 Å². The minimum Gasteiger partial charge on any atom is -0.487 e. The number of ether oxygens (including phenoxy) is 2.